The van der Waals surface area contributed by atoms with E-state index < -0.39 is 0 Å². The van der Waals surface area contributed by atoms with Gasteiger partial charge in [0.05, 0.1) is 5.69 Å². The molecule has 3 nitrogen and oxygen atoms in total. The number of aromatic nitrogens is 1. The summed E-state index contributed by atoms with van der Waals surface area (Å²) in [5, 5.41) is 6.97. The van der Waals surface area contributed by atoms with Gasteiger partial charge in [-0.1, -0.05) is 0 Å². The minimum atomic E-state index is -0.284. The van der Waals surface area contributed by atoms with E-state index in [4.69, 9.17) is 4.74 Å². The molecule has 0 unspecified atom stereocenters. The summed E-state index contributed by atoms with van der Waals surface area (Å²) in [5.41, 5.74) is 1.91. The van der Waals surface area contributed by atoms with Gasteiger partial charge in [0, 0.05) is 21.2 Å². The summed E-state index contributed by atoms with van der Waals surface area (Å²) in [4.78, 5) is 18.0. The van der Waals surface area contributed by atoms with Gasteiger partial charge in [-0.05, 0) is 30.5 Å². The van der Waals surface area contributed by atoms with Gasteiger partial charge in [0.2, 0.25) is 0 Å². The SMILES string of the molecule is Cc1ccc(C(=O)OCc2csc(-c3ccsc3)n2)s1. The van der Waals surface area contributed by atoms with Crippen molar-refractivity contribution in [3.8, 4) is 10.6 Å². The highest BCUT2D eigenvalue weighted by Crippen LogP contribution is 2.26. The number of esters is 1. The Labute approximate surface area is 128 Å². The Hall–Kier alpha value is -1.50. The molecule has 0 aliphatic carbocycles. The van der Waals surface area contributed by atoms with Gasteiger partial charge in [-0.3, -0.25) is 0 Å². The zero-order chi connectivity index (χ0) is 13.9. The van der Waals surface area contributed by atoms with Crippen molar-refractivity contribution in [2.75, 3.05) is 0 Å². The Bertz CT molecular complexity index is 712. The van der Waals surface area contributed by atoms with Gasteiger partial charge in [-0.25, -0.2) is 9.78 Å². The van der Waals surface area contributed by atoms with Crippen molar-refractivity contribution in [3.05, 3.63) is 49.8 Å². The van der Waals surface area contributed by atoms with Crippen LogP contribution in [0.5, 0.6) is 0 Å². The Kier molecular flexibility index (Phi) is 3.95. The first-order valence-electron chi connectivity index (χ1n) is 5.93. The molecule has 0 N–H and O–H groups in total. The quantitative estimate of drug-likeness (QED) is 0.659. The lowest BCUT2D eigenvalue weighted by atomic mass is 10.4. The highest BCUT2D eigenvalue weighted by Gasteiger charge is 2.11. The molecule has 0 bridgehead atoms. The van der Waals surface area contributed by atoms with Gasteiger partial charge in [0.15, 0.2) is 0 Å². The number of carbonyl (C=O) groups is 1. The van der Waals surface area contributed by atoms with Crippen LogP contribution in [0.3, 0.4) is 0 Å². The molecule has 3 rings (SSSR count). The molecule has 0 aliphatic rings. The molecule has 0 amide bonds. The van der Waals surface area contributed by atoms with E-state index in [2.05, 4.69) is 10.4 Å². The van der Waals surface area contributed by atoms with E-state index >= 15 is 0 Å². The molecule has 0 spiro atoms. The summed E-state index contributed by atoms with van der Waals surface area (Å²) in [6.07, 6.45) is 0. The summed E-state index contributed by atoms with van der Waals surface area (Å²) in [6.45, 7) is 2.19. The molecule has 102 valence electrons. The first kappa shape index (κ1) is 13.5. The fourth-order valence-electron chi connectivity index (χ4n) is 1.65. The van der Waals surface area contributed by atoms with E-state index in [0.29, 0.717) is 4.88 Å². The number of nitrogens with zero attached hydrogens (tertiary/aromatic N) is 1. The van der Waals surface area contributed by atoms with E-state index in [1.807, 2.05) is 29.8 Å². The van der Waals surface area contributed by atoms with Crippen LogP contribution < -0.4 is 0 Å². The van der Waals surface area contributed by atoms with Crippen molar-refractivity contribution >= 4 is 40.0 Å². The highest BCUT2D eigenvalue weighted by molar-refractivity contribution is 7.14. The fraction of sp³-hybridized carbons (Fsp3) is 0.143. The third-order valence-corrected chi connectivity index (χ3v) is 5.22. The first-order valence-corrected chi connectivity index (χ1v) is 8.57. The maximum absolute atomic E-state index is 11.8. The number of thiophene rings is 2. The van der Waals surface area contributed by atoms with Crippen LogP contribution in [0, 0.1) is 6.92 Å². The predicted octanol–water partition coefficient (Wildman–Crippen LogP) is 4.60. The molecule has 0 aliphatic heterocycles. The van der Waals surface area contributed by atoms with E-state index in [1.165, 1.54) is 11.3 Å². The lowest BCUT2D eigenvalue weighted by Crippen LogP contribution is -2.03. The standard InChI is InChI=1S/C14H11NO2S3/c1-9-2-3-12(20-9)14(16)17-6-11-8-19-13(15-11)10-4-5-18-7-10/h2-5,7-8H,6H2,1H3. The largest absolute Gasteiger partial charge is 0.455 e. The van der Waals surface area contributed by atoms with Crippen LogP contribution in [0.1, 0.15) is 20.2 Å². The summed E-state index contributed by atoms with van der Waals surface area (Å²) in [7, 11) is 0. The number of rotatable bonds is 4. The van der Waals surface area contributed by atoms with E-state index in [-0.39, 0.29) is 12.6 Å². The molecule has 0 radical (unpaired) electrons. The van der Waals surface area contributed by atoms with Gasteiger partial charge in [0.25, 0.3) is 0 Å². The zero-order valence-corrected chi connectivity index (χ0v) is 13.1. The lowest BCUT2D eigenvalue weighted by Gasteiger charge is -1.99. The molecule has 0 atom stereocenters. The van der Waals surface area contributed by atoms with Crippen molar-refractivity contribution in [1.29, 1.82) is 0 Å². The molecule has 3 aromatic rings. The van der Waals surface area contributed by atoms with Gasteiger partial charge in [0.1, 0.15) is 16.5 Å². The van der Waals surface area contributed by atoms with Crippen LogP contribution in [0.15, 0.2) is 34.3 Å². The second kappa shape index (κ2) is 5.87. The Morgan fingerprint density at radius 1 is 1.30 bits per heavy atom. The van der Waals surface area contributed by atoms with Crippen molar-refractivity contribution < 1.29 is 9.53 Å². The number of carbonyl (C=O) groups excluding carboxylic acids is 1. The van der Waals surface area contributed by atoms with Crippen molar-refractivity contribution in [2.24, 2.45) is 0 Å². The maximum atomic E-state index is 11.8. The summed E-state index contributed by atoms with van der Waals surface area (Å²) in [6, 6.07) is 5.74. The van der Waals surface area contributed by atoms with E-state index in [0.717, 1.165) is 21.1 Å². The molecule has 0 fully saturated rings. The van der Waals surface area contributed by atoms with Gasteiger partial charge in [-0.2, -0.15) is 11.3 Å². The third kappa shape index (κ3) is 2.98. The van der Waals surface area contributed by atoms with Gasteiger partial charge < -0.3 is 4.74 Å². The van der Waals surface area contributed by atoms with Crippen LogP contribution in [0.25, 0.3) is 10.6 Å². The van der Waals surface area contributed by atoms with Crippen LogP contribution in [-0.4, -0.2) is 11.0 Å². The molecule has 20 heavy (non-hydrogen) atoms. The Morgan fingerprint density at radius 2 is 2.20 bits per heavy atom. The lowest BCUT2D eigenvalue weighted by molar-refractivity contribution is 0.0474. The monoisotopic (exact) mass is 321 g/mol. The molecule has 0 saturated carbocycles. The number of ether oxygens (including phenoxy) is 1. The van der Waals surface area contributed by atoms with Crippen LogP contribution in [-0.2, 0) is 11.3 Å². The average Bonchev–Trinajstić information content (AvgIpc) is 3.16. The normalized spacial score (nSPS) is 10.7. The number of aryl methyl sites for hydroxylation is 1. The summed E-state index contributed by atoms with van der Waals surface area (Å²) < 4.78 is 5.28. The summed E-state index contributed by atoms with van der Waals surface area (Å²) >= 11 is 4.65. The summed E-state index contributed by atoms with van der Waals surface area (Å²) in [5.74, 6) is -0.284. The molecule has 0 aromatic carbocycles. The minimum Gasteiger partial charge on any atom is -0.455 e. The number of hydrogen-bond acceptors (Lipinski definition) is 6. The van der Waals surface area contributed by atoms with Crippen LogP contribution in [0.4, 0.5) is 0 Å². The Balaban J connectivity index is 1.63. The van der Waals surface area contributed by atoms with Crippen molar-refractivity contribution in [1.82, 2.24) is 4.98 Å². The molecule has 0 saturated heterocycles. The second-order valence-electron chi connectivity index (χ2n) is 4.14. The third-order valence-electron chi connectivity index (χ3n) is 2.61. The van der Waals surface area contributed by atoms with Crippen LogP contribution in [0.2, 0.25) is 0 Å². The smallest absolute Gasteiger partial charge is 0.348 e. The van der Waals surface area contributed by atoms with Gasteiger partial charge >= 0.3 is 5.97 Å². The number of thiazole rings is 1. The maximum Gasteiger partial charge on any atom is 0.348 e. The molecule has 3 aromatic heterocycles. The van der Waals surface area contributed by atoms with Crippen molar-refractivity contribution in [2.45, 2.75) is 13.5 Å². The fourth-order valence-corrected chi connectivity index (χ4v) is 3.92. The second-order valence-corrected chi connectivity index (χ2v) is 7.07. The van der Waals surface area contributed by atoms with Crippen molar-refractivity contribution in [3.63, 3.8) is 0 Å². The predicted molar refractivity (Wildman–Crippen MR) is 83.6 cm³/mol. The molecular weight excluding hydrogens is 310 g/mol. The minimum absolute atomic E-state index is 0.219. The highest BCUT2D eigenvalue weighted by atomic mass is 32.1. The molecular formula is C14H11NO2S3. The van der Waals surface area contributed by atoms with E-state index in [9.17, 15) is 4.79 Å². The number of hydrogen-bond donors (Lipinski definition) is 0. The zero-order valence-electron chi connectivity index (χ0n) is 10.7. The molecule has 6 heteroatoms. The Morgan fingerprint density at radius 3 is 2.90 bits per heavy atom. The van der Waals surface area contributed by atoms with Crippen LogP contribution >= 0.6 is 34.0 Å². The topological polar surface area (TPSA) is 39.2 Å². The first-order chi connectivity index (χ1) is 9.72. The van der Waals surface area contributed by atoms with Gasteiger partial charge in [-0.15, -0.1) is 22.7 Å². The molecule has 3 heterocycles. The average molecular weight is 321 g/mol. The van der Waals surface area contributed by atoms with E-state index in [1.54, 1.807) is 28.7 Å².